The van der Waals surface area contributed by atoms with E-state index in [2.05, 4.69) is 20.2 Å². The third-order valence-corrected chi connectivity index (χ3v) is 5.24. The minimum atomic E-state index is -0.291. The van der Waals surface area contributed by atoms with E-state index in [1.165, 1.54) is 19.3 Å². The van der Waals surface area contributed by atoms with Gasteiger partial charge in [-0.2, -0.15) is 0 Å². The van der Waals surface area contributed by atoms with E-state index in [-0.39, 0.29) is 12.2 Å². The lowest BCUT2D eigenvalue weighted by Gasteiger charge is -2.28. The summed E-state index contributed by atoms with van der Waals surface area (Å²) in [5.74, 6) is 1.95. The number of nitrogens with zero attached hydrogens (tertiary/aromatic N) is 3. The first-order chi connectivity index (χ1) is 12.3. The first-order valence-corrected chi connectivity index (χ1v) is 9.47. The molecule has 1 saturated carbocycles. The molecule has 2 fully saturated rings. The summed E-state index contributed by atoms with van der Waals surface area (Å²) in [5.41, 5.74) is 0. The Morgan fingerprint density at radius 3 is 2.92 bits per heavy atom. The van der Waals surface area contributed by atoms with Crippen LogP contribution < -0.4 is 10.1 Å². The average molecular weight is 346 g/mol. The van der Waals surface area contributed by atoms with Gasteiger partial charge in [0.15, 0.2) is 5.96 Å². The summed E-state index contributed by atoms with van der Waals surface area (Å²) < 4.78 is 5.94. The molecule has 0 spiro atoms. The molecule has 1 saturated heterocycles. The van der Waals surface area contributed by atoms with Gasteiger partial charge in [0.25, 0.3) is 0 Å². The quantitative estimate of drug-likeness (QED) is 0.631. The van der Waals surface area contributed by atoms with E-state index in [1.807, 2.05) is 18.2 Å². The molecular weight excluding hydrogens is 316 g/mol. The second-order valence-electron chi connectivity index (χ2n) is 7.04. The summed E-state index contributed by atoms with van der Waals surface area (Å²) in [6.45, 7) is 2.26. The zero-order chi connectivity index (χ0) is 17.5. The van der Waals surface area contributed by atoms with Crippen molar-refractivity contribution in [3.8, 4) is 5.88 Å². The Kier molecular flexibility index (Phi) is 6.50. The van der Waals surface area contributed by atoms with Gasteiger partial charge in [-0.15, -0.1) is 0 Å². The molecule has 0 radical (unpaired) electrons. The summed E-state index contributed by atoms with van der Waals surface area (Å²) in [4.78, 5) is 10.8. The van der Waals surface area contributed by atoms with Crippen LogP contribution in [-0.4, -0.2) is 59.8 Å². The molecule has 6 heteroatoms. The normalized spacial score (nSPS) is 23.5. The zero-order valence-corrected chi connectivity index (χ0v) is 15.1. The van der Waals surface area contributed by atoms with Gasteiger partial charge in [-0.05, 0) is 24.8 Å². The van der Waals surface area contributed by atoms with Gasteiger partial charge in [0.05, 0.1) is 12.6 Å². The summed E-state index contributed by atoms with van der Waals surface area (Å²) >= 11 is 0. The third kappa shape index (κ3) is 5.08. The van der Waals surface area contributed by atoms with Crippen LogP contribution in [0.15, 0.2) is 29.4 Å². The fraction of sp³-hybridized carbons (Fsp3) is 0.684. The van der Waals surface area contributed by atoms with Crippen molar-refractivity contribution >= 4 is 5.96 Å². The first kappa shape index (κ1) is 18.0. The zero-order valence-electron chi connectivity index (χ0n) is 15.1. The number of aliphatic hydroxyl groups is 1. The molecule has 6 nitrogen and oxygen atoms in total. The maximum atomic E-state index is 10.4. The number of aliphatic hydroxyl groups excluding tert-OH is 1. The highest BCUT2D eigenvalue weighted by molar-refractivity contribution is 5.80. The van der Waals surface area contributed by atoms with Crippen LogP contribution in [0.2, 0.25) is 0 Å². The lowest BCUT2D eigenvalue weighted by atomic mass is 9.85. The van der Waals surface area contributed by atoms with Gasteiger partial charge in [0.1, 0.15) is 6.10 Å². The molecular formula is C19H30N4O2. The smallest absolute Gasteiger partial charge is 0.213 e. The van der Waals surface area contributed by atoms with Gasteiger partial charge in [-0.1, -0.05) is 25.3 Å². The molecule has 138 valence electrons. The van der Waals surface area contributed by atoms with Crippen molar-refractivity contribution in [3.05, 3.63) is 24.4 Å². The van der Waals surface area contributed by atoms with E-state index in [9.17, 15) is 5.11 Å². The molecule has 2 unspecified atom stereocenters. The van der Waals surface area contributed by atoms with Crippen LogP contribution in [0, 0.1) is 5.92 Å². The van der Waals surface area contributed by atoms with E-state index in [4.69, 9.17) is 4.74 Å². The molecule has 1 aliphatic heterocycles. The van der Waals surface area contributed by atoms with Gasteiger partial charge in [-0.25, -0.2) is 4.98 Å². The second kappa shape index (κ2) is 9.04. The molecule has 2 atom stereocenters. The Morgan fingerprint density at radius 2 is 2.20 bits per heavy atom. The van der Waals surface area contributed by atoms with Crippen LogP contribution in [0.5, 0.6) is 5.88 Å². The summed E-state index contributed by atoms with van der Waals surface area (Å²) in [6.07, 6.45) is 8.61. The Hall–Kier alpha value is -1.82. The van der Waals surface area contributed by atoms with Gasteiger partial charge in [0, 0.05) is 38.8 Å². The molecule has 1 aliphatic carbocycles. The number of guanidine groups is 1. The average Bonchev–Trinajstić information content (AvgIpc) is 3.12. The molecule has 2 aliphatic rings. The molecule has 0 amide bonds. The fourth-order valence-corrected chi connectivity index (χ4v) is 3.82. The number of likely N-dealkylation sites (tertiary alicyclic amines) is 1. The summed E-state index contributed by atoms with van der Waals surface area (Å²) in [6, 6.07) is 5.70. The predicted octanol–water partition coefficient (Wildman–Crippen LogP) is 2.05. The predicted molar refractivity (Wildman–Crippen MR) is 98.8 cm³/mol. The van der Waals surface area contributed by atoms with E-state index < -0.39 is 0 Å². The van der Waals surface area contributed by atoms with E-state index in [0.29, 0.717) is 18.3 Å². The Balaban J connectivity index is 1.45. The number of nitrogens with one attached hydrogen (secondary N) is 1. The van der Waals surface area contributed by atoms with Crippen molar-refractivity contribution in [2.75, 3.05) is 26.7 Å². The Labute approximate surface area is 150 Å². The minimum absolute atomic E-state index is 0.122. The Bertz CT molecular complexity index is 546. The van der Waals surface area contributed by atoms with Crippen LogP contribution in [0.1, 0.15) is 38.5 Å². The van der Waals surface area contributed by atoms with Crippen molar-refractivity contribution in [2.45, 2.75) is 50.7 Å². The largest absolute Gasteiger partial charge is 0.472 e. The molecule has 25 heavy (non-hydrogen) atoms. The van der Waals surface area contributed by atoms with Gasteiger partial charge in [0.2, 0.25) is 5.88 Å². The SMILES string of the molecule is CN=C(NCC(O)C1CCCCC1)N1CCC(Oc2ccccn2)C1. The third-order valence-electron chi connectivity index (χ3n) is 5.24. The highest BCUT2D eigenvalue weighted by Gasteiger charge is 2.28. The van der Waals surface area contributed by atoms with Crippen LogP contribution in [0.4, 0.5) is 0 Å². The van der Waals surface area contributed by atoms with Gasteiger partial charge in [-0.3, -0.25) is 4.99 Å². The molecule has 1 aromatic rings. The van der Waals surface area contributed by atoms with Crippen molar-refractivity contribution in [1.29, 1.82) is 0 Å². The highest BCUT2D eigenvalue weighted by Crippen LogP contribution is 2.26. The number of aliphatic imine (C=N–C) groups is 1. The molecule has 1 aromatic heterocycles. The molecule has 3 rings (SSSR count). The van der Waals surface area contributed by atoms with Crippen molar-refractivity contribution in [2.24, 2.45) is 10.9 Å². The maximum absolute atomic E-state index is 10.4. The number of aromatic nitrogens is 1. The minimum Gasteiger partial charge on any atom is -0.472 e. The van der Waals surface area contributed by atoms with E-state index in [1.54, 1.807) is 13.2 Å². The monoisotopic (exact) mass is 346 g/mol. The number of pyridine rings is 1. The van der Waals surface area contributed by atoms with Crippen LogP contribution in [0.25, 0.3) is 0 Å². The fourth-order valence-electron chi connectivity index (χ4n) is 3.82. The highest BCUT2D eigenvalue weighted by atomic mass is 16.5. The number of rotatable bonds is 5. The van der Waals surface area contributed by atoms with Gasteiger partial charge < -0.3 is 20.1 Å². The van der Waals surface area contributed by atoms with E-state index in [0.717, 1.165) is 38.3 Å². The summed E-state index contributed by atoms with van der Waals surface area (Å²) in [7, 11) is 1.79. The van der Waals surface area contributed by atoms with Crippen molar-refractivity contribution < 1.29 is 9.84 Å². The molecule has 2 heterocycles. The molecule has 0 aromatic carbocycles. The van der Waals surface area contributed by atoms with Crippen LogP contribution in [-0.2, 0) is 0 Å². The summed E-state index contributed by atoms with van der Waals surface area (Å²) in [5, 5.41) is 13.8. The van der Waals surface area contributed by atoms with Gasteiger partial charge >= 0.3 is 0 Å². The van der Waals surface area contributed by atoms with Crippen LogP contribution in [0.3, 0.4) is 0 Å². The molecule has 0 bridgehead atoms. The lowest BCUT2D eigenvalue weighted by Crippen LogP contribution is -2.45. The number of hydrogen-bond acceptors (Lipinski definition) is 4. The topological polar surface area (TPSA) is 70.0 Å². The second-order valence-corrected chi connectivity index (χ2v) is 7.04. The van der Waals surface area contributed by atoms with E-state index >= 15 is 0 Å². The number of hydrogen-bond donors (Lipinski definition) is 2. The first-order valence-electron chi connectivity index (χ1n) is 9.47. The standard InChI is InChI=1S/C19H30N4O2/c1-20-19(22-13-17(24)15-7-3-2-4-8-15)23-12-10-16(14-23)25-18-9-5-6-11-21-18/h5-6,9,11,15-17,24H,2-4,7-8,10,12-14H2,1H3,(H,20,22). The Morgan fingerprint density at radius 1 is 1.36 bits per heavy atom. The molecule has 2 N–H and O–H groups in total. The lowest BCUT2D eigenvalue weighted by molar-refractivity contribution is 0.0874. The van der Waals surface area contributed by atoms with Crippen molar-refractivity contribution in [1.82, 2.24) is 15.2 Å². The number of ether oxygens (including phenoxy) is 1. The van der Waals surface area contributed by atoms with Crippen molar-refractivity contribution in [3.63, 3.8) is 0 Å². The van der Waals surface area contributed by atoms with Crippen LogP contribution >= 0.6 is 0 Å². The maximum Gasteiger partial charge on any atom is 0.213 e.